The summed E-state index contributed by atoms with van der Waals surface area (Å²) in [6.45, 7) is 3.51. The Labute approximate surface area is 127 Å². The fraction of sp³-hybridized carbons (Fsp3) is 0.647. The molecule has 1 N–H and O–H groups in total. The van der Waals surface area contributed by atoms with Crippen LogP contribution in [0.3, 0.4) is 0 Å². The highest BCUT2D eigenvalue weighted by Gasteiger charge is 2.21. The molecule has 0 spiro atoms. The molecule has 0 unspecified atom stereocenters. The zero-order valence-corrected chi connectivity index (χ0v) is 13.2. The molecule has 0 atom stereocenters. The predicted octanol–water partition coefficient (Wildman–Crippen LogP) is 3.23. The molecule has 2 rings (SSSR count). The van der Waals surface area contributed by atoms with Crippen molar-refractivity contribution in [2.75, 3.05) is 25.6 Å². The van der Waals surface area contributed by atoms with E-state index in [-0.39, 0.29) is 0 Å². The number of aromatic nitrogens is 1. The SMILES string of the molecule is CCCCc1nc(NCCOC)c(C#N)c2c1CCCC2. The molecule has 0 radical (unpaired) electrons. The number of ether oxygens (including phenoxy) is 1. The van der Waals surface area contributed by atoms with Crippen LogP contribution in [0.4, 0.5) is 5.82 Å². The van der Waals surface area contributed by atoms with E-state index in [0.717, 1.165) is 37.1 Å². The van der Waals surface area contributed by atoms with E-state index in [1.54, 1.807) is 7.11 Å². The highest BCUT2D eigenvalue weighted by Crippen LogP contribution is 2.31. The van der Waals surface area contributed by atoms with Crippen molar-refractivity contribution >= 4 is 5.82 Å². The molecule has 1 heterocycles. The average Bonchev–Trinajstić information content (AvgIpc) is 2.52. The maximum Gasteiger partial charge on any atom is 0.144 e. The van der Waals surface area contributed by atoms with E-state index >= 15 is 0 Å². The Morgan fingerprint density at radius 2 is 2.05 bits per heavy atom. The maximum atomic E-state index is 9.54. The minimum Gasteiger partial charge on any atom is -0.383 e. The van der Waals surface area contributed by atoms with Crippen LogP contribution in [-0.4, -0.2) is 25.2 Å². The standard InChI is InChI=1S/C17H25N3O/c1-3-4-9-16-14-8-6-5-7-13(14)15(12-18)17(20-16)19-10-11-21-2/h3-11H2,1-2H3,(H,19,20). The molecule has 0 aliphatic heterocycles. The van der Waals surface area contributed by atoms with E-state index in [9.17, 15) is 5.26 Å². The average molecular weight is 287 g/mol. The fourth-order valence-electron chi connectivity index (χ4n) is 2.97. The van der Waals surface area contributed by atoms with Crippen molar-refractivity contribution in [3.05, 3.63) is 22.4 Å². The van der Waals surface area contributed by atoms with Crippen molar-refractivity contribution in [1.82, 2.24) is 4.98 Å². The molecule has 4 nitrogen and oxygen atoms in total. The Balaban J connectivity index is 2.36. The molecule has 1 aromatic heterocycles. The van der Waals surface area contributed by atoms with Gasteiger partial charge in [-0.25, -0.2) is 4.98 Å². The number of nitrogens with zero attached hydrogens (tertiary/aromatic N) is 2. The van der Waals surface area contributed by atoms with Gasteiger partial charge in [-0.3, -0.25) is 0 Å². The van der Waals surface area contributed by atoms with E-state index in [0.29, 0.717) is 13.2 Å². The minimum atomic E-state index is 0.619. The van der Waals surface area contributed by atoms with Crippen LogP contribution in [-0.2, 0) is 24.0 Å². The van der Waals surface area contributed by atoms with Gasteiger partial charge in [0.05, 0.1) is 12.2 Å². The zero-order chi connectivity index (χ0) is 15.1. The monoisotopic (exact) mass is 287 g/mol. The van der Waals surface area contributed by atoms with Crippen LogP contribution < -0.4 is 5.32 Å². The first-order chi connectivity index (χ1) is 10.3. The number of aryl methyl sites for hydroxylation is 1. The topological polar surface area (TPSA) is 57.9 Å². The molecular weight excluding hydrogens is 262 g/mol. The number of nitriles is 1. The van der Waals surface area contributed by atoms with Crippen LogP contribution in [0, 0.1) is 11.3 Å². The van der Waals surface area contributed by atoms with Crippen LogP contribution in [0.5, 0.6) is 0 Å². The van der Waals surface area contributed by atoms with Crippen LogP contribution in [0.15, 0.2) is 0 Å². The quantitative estimate of drug-likeness (QED) is 0.782. The van der Waals surface area contributed by atoms with Crippen molar-refractivity contribution < 1.29 is 4.74 Å². The van der Waals surface area contributed by atoms with Gasteiger partial charge < -0.3 is 10.1 Å². The molecule has 4 heteroatoms. The second-order valence-corrected chi connectivity index (χ2v) is 5.58. The van der Waals surface area contributed by atoms with Gasteiger partial charge in [-0.15, -0.1) is 0 Å². The molecular formula is C17H25N3O. The maximum absolute atomic E-state index is 9.54. The smallest absolute Gasteiger partial charge is 0.144 e. The largest absolute Gasteiger partial charge is 0.383 e. The molecule has 0 fully saturated rings. The summed E-state index contributed by atoms with van der Waals surface area (Å²) >= 11 is 0. The molecule has 0 saturated heterocycles. The van der Waals surface area contributed by atoms with E-state index in [1.807, 2.05) is 0 Å². The van der Waals surface area contributed by atoms with Gasteiger partial charge in [0.1, 0.15) is 11.9 Å². The van der Waals surface area contributed by atoms with Gasteiger partial charge in [0.15, 0.2) is 0 Å². The van der Waals surface area contributed by atoms with Crippen LogP contribution in [0.1, 0.15) is 55.0 Å². The molecule has 21 heavy (non-hydrogen) atoms. The third kappa shape index (κ3) is 3.74. The summed E-state index contributed by atoms with van der Waals surface area (Å²) < 4.78 is 5.07. The summed E-state index contributed by atoms with van der Waals surface area (Å²) in [5, 5.41) is 12.8. The van der Waals surface area contributed by atoms with Gasteiger partial charge in [-0.05, 0) is 49.7 Å². The van der Waals surface area contributed by atoms with Gasteiger partial charge >= 0.3 is 0 Å². The summed E-state index contributed by atoms with van der Waals surface area (Å²) in [5.74, 6) is 0.751. The highest BCUT2D eigenvalue weighted by molar-refractivity contribution is 5.60. The Kier molecular flexibility index (Phi) is 6.01. The number of hydrogen-bond donors (Lipinski definition) is 1. The number of hydrogen-bond acceptors (Lipinski definition) is 4. The van der Waals surface area contributed by atoms with Crippen LogP contribution >= 0.6 is 0 Å². The third-order valence-corrected chi connectivity index (χ3v) is 4.08. The summed E-state index contributed by atoms with van der Waals surface area (Å²) in [6, 6.07) is 2.37. The first-order valence-electron chi connectivity index (χ1n) is 7.99. The fourth-order valence-corrected chi connectivity index (χ4v) is 2.97. The number of pyridine rings is 1. The Hall–Kier alpha value is -1.60. The first kappa shape index (κ1) is 15.8. The Morgan fingerprint density at radius 1 is 1.29 bits per heavy atom. The Morgan fingerprint density at radius 3 is 2.71 bits per heavy atom. The number of nitrogens with one attached hydrogen (secondary N) is 1. The third-order valence-electron chi connectivity index (χ3n) is 4.08. The number of fused-ring (bicyclic) bond motifs is 1. The van der Waals surface area contributed by atoms with E-state index in [2.05, 4.69) is 18.3 Å². The zero-order valence-electron chi connectivity index (χ0n) is 13.2. The second-order valence-electron chi connectivity index (χ2n) is 5.58. The van der Waals surface area contributed by atoms with Crippen molar-refractivity contribution in [2.45, 2.75) is 51.9 Å². The number of unbranched alkanes of at least 4 members (excludes halogenated alkanes) is 1. The predicted molar refractivity (Wildman–Crippen MR) is 84.6 cm³/mol. The first-order valence-corrected chi connectivity index (χ1v) is 7.99. The van der Waals surface area contributed by atoms with E-state index in [4.69, 9.17) is 9.72 Å². The van der Waals surface area contributed by atoms with E-state index < -0.39 is 0 Å². The molecule has 0 aromatic carbocycles. The lowest BCUT2D eigenvalue weighted by Gasteiger charge is -2.22. The molecule has 0 amide bonds. The molecule has 1 aliphatic rings. The molecule has 0 bridgehead atoms. The Bertz CT molecular complexity index is 520. The molecule has 114 valence electrons. The molecule has 1 aromatic rings. The lowest BCUT2D eigenvalue weighted by molar-refractivity contribution is 0.210. The minimum absolute atomic E-state index is 0.619. The number of anilines is 1. The summed E-state index contributed by atoms with van der Waals surface area (Å²) in [5.41, 5.74) is 4.54. The summed E-state index contributed by atoms with van der Waals surface area (Å²) in [6.07, 6.45) is 7.83. The number of methoxy groups -OCH3 is 1. The molecule has 1 aliphatic carbocycles. The van der Waals surface area contributed by atoms with Crippen LogP contribution in [0.25, 0.3) is 0 Å². The van der Waals surface area contributed by atoms with Crippen LogP contribution in [0.2, 0.25) is 0 Å². The van der Waals surface area contributed by atoms with Crippen molar-refractivity contribution in [2.24, 2.45) is 0 Å². The van der Waals surface area contributed by atoms with Gasteiger partial charge in [0.2, 0.25) is 0 Å². The van der Waals surface area contributed by atoms with Crippen molar-refractivity contribution in [3.63, 3.8) is 0 Å². The van der Waals surface area contributed by atoms with Gasteiger partial charge in [0, 0.05) is 19.3 Å². The normalized spacial score (nSPS) is 13.6. The van der Waals surface area contributed by atoms with Gasteiger partial charge in [0.25, 0.3) is 0 Å². The summed E-state index contributed by atoms with van der Waals surface area (Å²) in [4.78, 5) is 4.78. The number of rotatable bonds is 7. The highest BCUT2D eigenvalue weighted by atomic mass is 16.5. The van der Waals surface area contributed by atoms with Gasteiger partial charge in [-0.1, -0.05) is 13.3 Å². The lowest BCUT2D eigenvalue weighted by Crippen LogP contribution is -2.17. The second kappa shape index (κ2) is 7.99. The summed E-state index contributed by atoms with van der Waals surface area (Å²) in [7, 11) is 1.68. The molecule has 0 saturated carbocycles. The van der Waals surface area contributed by atoms with Crippen molar-refractivity contribution in [3.8, 4) is 6.07 Å². The van der Waals surface area contributed by atoms with Gasteiger partial charge in [-0.2, -0.15) is 5.26 Å². The lowest BCUT2D eigenvalue weighted by atomic mass is 9.86. The van der Waals surface area contributed by atoms with Crippen molar-refractivity contribution in [1.29, 1.82) is 5.26 Å². The van der Waals surface area contributed by atoms with E-state index in [1.165, 1.54) is 36.1 Å².